The molecule has 618 valence electrons. The number of rotatable bonds is 62. The van der Waals surface area contributed by atoms with Gasteiger partial charge in [-0.1, -0.05) is 62.8 Å². The lowest BCUT2D eigenvalue weighted by Gasteiger charge is -2.37. The number of hydrogen-bond acceptors (Lipinski definition) is 27. The normalized spacial score (nSPS) is 15.8. The summed E-state index contributed by atoms with van der Waals surface area (Å²) in [4.78, 5) is 132. The van der Waals surface area contributed by atoms with Crippen LogP contribution in [0.5, 0.6) is 0 Å². The van der Waals surface area contributed by atoms with E-state index in [0.717, 1.165) is 95.2 Å². The number of carboxylic acids is 7. The molecule has 3 amide bonds. The lowest BCUT2D eigenvalue weighted by molar-refractivity contribution is -0.141. The molecular formula is C72H121N13O24. The van der Waals surface area contributed by atoms with E-state index in [9.17, 15) is 68.7 Å². The SMILES string of the molecule is CN1CCN(CC(=O)O)CCN(CC(=O)O)CCN(CC(=O)O)C(Cc2ccc(Cc3nc(NCCOCCOCCOCCOCCOCCOCCOCCOCCC(=O)O)nc(N4CCN(CCCCCCCCCCC(=O)NCCCC[C@H](NC(=O)N[C@@H](CCC(=O)O)C(=O)O)C(=O)O)CC4)n3)cc2)C1. The van der Waals surface area contributed by atoms with Crippen LogP contribution in [0, 0.1) is 0 Å². The smallest absolute Gasteiger partial charge is 0.326 e. The number of aliphatic carboxylic acids is 7. The molecule has 3 atom stereocenters. The summed E-state index contributed by atoms with van der Waals surface area (Å²) in [5.41, 5.74) is 1.93. The van der Waals surface area contributed by atoms with Gasteiger partial charge in [-0.15, -0.1) is 0 Å². The van der Waals surface area contributed by atoms with E-state index in [0.29, 0.717) is 201 Å². The van der Waals surface area contributed by atoms with Crippen molar-refractivity contribution < 1.29 is 117 Å². The number of nitrogens with one attached hydrogen (secondary N) is 4. The van der Waals surface area contributed by atoms with Crippen molar-refractivity contribution in [3.63, 3.8) is 0 Å². The molecule has 1 aromatic heterocycles. The quantitative estimate of drug-likeness (QED) is 0.0418. The molecule has 11 N–H and O–H groups in total. The standard InChI is InChI=1S/C72H121N13O24/c1-80-24-25-82(53-65(91)92)26-27-83(54-66(93)94)30-33-85(55-67(95)96)58(52-80)50-56-14-16-57(17-15-56)51-61-77-70(74-22-35-103-37-39-105-41-43-107-45-47-109-49-48-108-46-44-106-42-40-104-38-36-102-34-20-64(89)90)79-71(78-61)84-31-28-81(29-32-84)23-11-7-5-3-2-4-6-8-13-62(86)73-21-10-9-12-59(68(97)98)75-72(101)76-60(69(99)100)18-19-63(87)88/h14-17,58-60H,2-13,18-55H2,1H3,(H,73,86)(H,87,88)(H,89,90)(H,91,92)(H,93,94)(H,95,96)(H,97,98)(H,99,100)(H2,75,76,101)(H,74,77,78,79)/t58?,59-,60-/m0/s1. The summed E-state index contributed by atoms with van der Waals surface area (Å²) in [5.74, 6) is -6.40. The van der Waals surface area contributed by atoms with Gasteiger partial charge in [-0.05, 0) is 69.7 Å². The van der Waals surface area contributed by atoms with Crippen molar-refractivity contribution in [2.75, 3.05) is 234 Å². The number of nitrogens with zero attached hydrogens (tertiary/aromatic N) is 9. The lowest BCUT2D eigenvalue weighted by atomic mass is 10.0. The highest BCUT2D eigenvalue weighted by molar-refractivity contribution is 5.86. The number of benzene rings is 1. The van der Waals surface area contributed by atoms with Crippen molar-refractivity contribution >= 4 is 65.6 Å². The van der Waals surface area contributed by atoms with Crippen molar-refractivity contribution in [3.8, 4) is 0 Å². The predicted molar refractivity (Wildman–Crippen MR) is 397 cm³/mol. The monoisotopic (exact) mass is 1550 g/mol. The second kappa shape index (κ2) is 58.3. The number of anilines is 2. The van der Waals surface area contributed by atoms with Crippen LogP contribution in [0.1, 0.15) is 113 Å². The van der Waals surface area contributed by atoms with Crippen molar-refractivity contribution in [1.82, 2.24) is 55.4 Å². The minimum Gasteiger partial charge on any atom is -0.481 e. The Morgan fingerprint density at radius 3 is 1.41 bits per heavy atom. The molecular weight excluding hydrogens is 1430 g/mol. The van der Waals surface area contributed by atoms with Gasteiger partial charge >= 0.3 is 47.8 Å². The molecule has 2 aliphatic heterocycles. The molecule has 2 saturated heterocycles. The van der Waals surface area contributed by atoms with Crippen LogP contribution in [0.25, 0.3) is 0 Å². The Kier molecular flexibility index (Phi) is 50.1. The number of carboxylic acid groups (broad SMARTS) is 7. The van der Waals surface area contributed by atoms with E-state index in [2.05, 4.69) is 36.0 Å². The minimum atomic E-state index is -1.50. The molecule has 1 unspecified atom stereocenters. The number of unbranched alkanes of at least 4 members (excludes halogenated alkanes) is 8. The fourth-order valence-electron chi connectivity index (χ4n) is 11.9. The molecule has 2 fully saturated rings. The molecule has 4 rings (SSSR count). The van der Waals surface area contributed by atoms with Crippen LogP contribution < -0.4 is 26.2 Å². The molecule has 3 heterocycles. The molecule has 2 aliphatic rings. The van der Waals surface area contributed by atoms with E-state index in [-0.39, 0.29) is 64.0 Å². The Balaban J connectivity index is 1.20. The summed E-state index contributed by atoms with van der Waals surface area (Å²) in [6, 6.07) is 4.00. The molecule has 0 saturated carbocycles. The third-order valence-electron chi connectivity index (χ3n) is 17.8. The Labute approximate surface area is 638 Å². The third-order valence-corrected chi connectivity index (χ3v) is 17.8. The van der Waals surface area contributed by atoms with E-state index < -0.39 is 66.3 Å². The molecule has 0 aliphatic carbocycles. The average Bonchev–Trinajstić information content (AvgIpc) is 0.828. The fraction of sp³-hybridized carbons (Fsp3) is 0.750. The lowest BCUT2D eigenvalue weighted by Crippen LogP contribution is -2.52. The van der Waals surface area contributed by atoms with Gasteiger partial charge in [-0.25, -0.2) is 14.4 Å². The molecule has 0 spiro atoms. The zero-order chi connectivity index (χ0) is 79.1. The zero-order valence-corrected chi connectivity index (χ0v) is 63.5. The second-order valence-corrected chi connectivity index (χ2v) is 26.7. The topological polar surface area (TPSA) is 475 Å². The summed E-state index contributed by atoms with van der Waals surface area (Å²) in [6.45, 7) is 13.0. The number of urea groups is 1. The van der Waals surface area contributed by atoms with Gasteiger partial charge in [-0.3, -0.25) is 48.4 Å². The summed E-state index contributed by atoms with van der Waals surface area (Å²) in [7, 11) is 1.94. The van der Waals surface area contributed by atoms with E-state index in [4.69, 9.17) is 63.1 Å². The van der Waals surface area contributed by atoms with Gasteiger partial charge in [0.25, 0.3) is 0 Å². The number of hydrogen-bond donors (Lipinski definition) is 11. The first-order valence-corrected chi connectivity index (χ1v) is 38.0. The maximum absolute atomic E-state index is 12.5. The number of carbonyl (C=O) groups excluding carboxylic acids is 2. The third kappa shape index (κ3) is 47.2. The fourth-order valence-corrected chi connectivity index (χ4v) is 11.9. The van der Waals surface area contributed by atoms with Gasteiger partial charge in [0.05, 0.1) is 132 Å². The summed E-state index contributed by atoms with van der Waals surface area (Å²) in [6.07, 6.45) is 9.46. The second-order valence-electron chi connectivity index (χ2n) is 26.7. The van der Waals surface area contributed by atoms with Crippen LogP contribution in [0.4, 0.5) is 16.7 Å². The average molecular weight is 1550 g/mol. The summed E-state index contributed by atoms with van der Waals surface area (Å²) >= 11 is 0. The number of carbonyl (C=O) groups is 9. The summed E-state index contributed by atoms with van der Waals surface area (Å²) < 4.78 is 44.3. The molecule has 1 aromatic carbocycles. The summed E-state index contributed by atoms with van der Waals surface area (Å²) in [5, 5.41) is 76.2. The van der Waals surface area contributed by atoms with Crippen LogP contribution >= 0.6 is 0 Å². The Morgan fingerprint density at radius 2 is 0.899 bits per heavy atom. The molecule has 37 heteroatoms. The van der Waals surface area contributed by atoms with Gasteiger partial charge < -0.3 is 105 Å². The van der Waals surface area contributed by atoms with Crippen LogP contribution in [-0.2, 0) is 89.1 Å². The highest BCUT2D eigenvalue weighted by Crippen LogP contribution is 2.20. The maximum Gasteiger partial charge on any atom is 0.326 e. The van der Waals surface area contributed by atoms with Crippen molar-refractivity contribution in [2.45, 2.75) is 127 Å². The number of amides is 3. The number of ether oxygens (including phenoxy) is 8. The van der Waals surface area contributed by atoms with Crippen LogP contribution in [0.3, 0.4) is 0 Å². The van der Waals surface area contributed by atoms with Gasteiger partial charge in [-0.2, -0.15) is 15.0 Å². The molecule has 0 bridgehead atoms. The highest BCUT2D eigenvalue weighted by atomic mass is 16.6. The van der Waals surface area contributed by atoms with Gasteiger partial charge in [0.2, 0.25) is 17.8 Å². The van der Waals surface area contributed by atoms with E-state index in [1.165, 1.54) is 0 Å². The number of likely N-dealkylation sites (N-methyl/N-ethyl adjacent to an activating group) is 1. The molecule has 37 nitrogen and oxygen atoms in total. The predicted octanol–water partition coefficient (Wildman–Crippen LogP) is 1.49. The Hall–Kier alpha value is -7.66. The molecule has 2 aromatic rings. The van der Waals surface area contributed by atoms with E-state index >= 15 is 0 Å². The Morgan fingerprint density at radius 1 is 0.440 bits per heavy atom. The largest absolute Gasteiger partial charge is 0.481 e. The van der Waals surface area contributed by atoms with E-state index in [1.807, 2.05) is 36.2 Å². The van der Waals surface area contributed by atoms with Crippen LogP contribution in [0.15, 0.2) is 24.3 Å². The number of piperazine rings is 1. The van der Waals surface area contributed by atoms with Crippen molar-refractivity contribution in [3.05, 3.63) is 41.2 Å². The minimum absolute atomic E-state index is 0.0355. The van der Waals surface area contributed by atoms with Gasteiger partial charge in [0.15, 0.2) is 0 Å². The van der Waals surface area contributed by atoms with Gasteiger partial charge in [0.1, 0.15) is 17.9 Å². The first kappa shape index (κ1) is 93.7. The first-order valence-electron chi connectivity index (χ1n) is 38.0. The van der Waals surface area contributed by atoms with Crippen molar-refractivity contribution in [1.29, 1.82) is 0 Å². The van der Waals surface area contributed by atoms with Crippen LogP contribution in [-0.4, -0.2) is 371 Å². The maximum atomic E-state index is 12.5. The van der Waals surface area contributed by atoms with Crippen LogP contribution in [0.2, 0.25) is 0 Å². The molecule has 0 radical (unpaired) electrons. The number of aromatic nitrogens is 3. The highest BCUT2D eigenvalue weighted by Gasteiger charge is 2.28. The Bertz CT molecular complexity index is 2910. The van der Waals surface area contributed by atoms with Gasteiger partial charge in [0, 0.05) is 110 Å². The van der Waals surface area contributed by atoms with Crippen molar-refractivity contribution in [2.24, 2.45) is 0 Å². The van der Waals surface area contributed by atoms with E-state index in [1.54, 1.807) is 9.80 Å². The first-order chi connectivity index (χ1) is 52.6. The zero-order valence-electron chi connectivity index (χ0n) is 63.5. The molecule has 109 heavy (non-hydrogen) atoms.